The van der Waals surface area contributed by atoms with Crippen molar-refractivity contribution in [2.75, 3.05) is 0 Å². The Morgan fingerprint density at radius 2 is 2.10 bits per heavy atom. The fraction of sp³-hybridized carbons (Fsp3) is 0.533. The van der Waals surface area contributed by atoms with Crippen molar-refractivity contribution in [1.29, 1.82) is 0 Å². The van der Waals surface area contributed by atoms with Gasteiger partial charge in [-0.2, -0.15) is 4.98 Å². The molecule has 1 fully saturated rings. The maximum atomic E-state index is 11.8. The van der Waals surface area contributed by atoms with Crippen LogP contribution in [-0.2, 0) is 11.2 Å². The third kappa shape index (κ3) is 3.00. The number of nitrogens with zero attached hydrogens (tertiary/aromatic N) is 2. The Kier molecular flexibility index (Phi) is 4.05. The molecule has 0 aliphatic heterocycles. The highest BCUT2D eigenvalue weighted by atomic mass is 32.1. The lowest BCUT2D eigenvalue weighted by molar-refractivity contribution is -0.150. The predicted molar refractivity (Wildman–Crippen MR) is 79.1 cm³/mol. The predicted octanol–water partition coefficient (Wildman–Crippen LogP) is 3.77. The topological polar surface area (TPSA) is 76.2 Å². The van der Waals surface area contributed by atoms with Crippen LogP contribution in [0.4, 0.5) is 0 Å². The number of aromatic nitrogens is 2. The van der Waals surface area contributed by atoms with Crippen molar-refractivity contribution in [3.8, 4) is 10.7 Å². The van der Waals surface area contributed by atoms with E-state index in [0.717, 1.165) is 30.6 Å². The summed E-state index contributed by atoms with van der Waals surface area (Å²) in [7, 11) is 0. The van der Waals surface area contributed by atoms with Crippen molar-refractivity contribution in [1.82, 2.24) is 10.1 Å². The molecule has 0 saturated heterocycles. The average Bonchev–Trinajstić information content (AvgIpc) is 3.07. The monoisotopic (exact) mass is 306 g/mol. The quantitative estimate of drug-likeness (QED) is 0.870. The zero-order valence-electron chi connectivity index (χ0n) is 11.7. The van der Waals surface area contributed by atoms with Crippen LogP contribution >= 0.6 is 11.3 Å². The first kappa shape index (κ1) is 14.3. The number of hydrogen-bond acceptors (Lipinski definition) is 5. The molecule has 0 bridgehead atoms. The first-order valence-electron chi connectivity index (χ1n) is 7.29. The molecule has 6 heteroatoms. The molecule has 0 spiro atoms. The fourth-order valence-electron chi connectivity index (χ4n) is 2.99. The largest absolute Gasteiger partial charge is 0.481 e. The molecule has 1 aliphatic carbocycles. The summed E-state index contributed by atoms with van der Waals surface area (Å²) in [5.41, 5.74) is -0.740. The molecule has 0 amide bonds. The van der Waals surface area contributed by atoms with E-state index in [-0.39, 0.29) is 0 Å². The third-order valence-corrected chi connectivity index (χ3v) is 5.08. The van der Waals surface area contributed by atoms with Gasteiger partial charge >= 0.3 is 5.97 Å². The zero-order valence-corrected chi connectivity index (χ0v) is 12.6. The molecule has 2 aromatic rings. The van der Waals surface area contributed by atoms with Gasteiger partial charge in [0.05, 0.1) is 10.3 Å². The van der Waals surface area contributed by atoms with Gasteiger partial charge in [0, 0.05) is 6.42 Å². The summed E-state index contributed by atoms with van der Waals surface area (Å²) in [6.45, 7) is 0. The van der Waals surface area contributed by atoms with Crippen LogP contribution in [0.5, 0.6) is 0 Å². The van der Waals surface area contributed by atoms with Crippen molar-refractivity contribution >= 4 is 17.3 Å². The standard InChI is InChI=1S/C15H18N2O3S/c18-14(19)15(7-3-1-2-4-8-15)10-12-16-13(17-20-12)11-6-5-9-21-11/h5-6,9H,1-4,7-8,10H2,(H,18,19). The first-order valence-corrected chi connectivity index (χ1v) is 8.17. The van der Waals surface area contributed by atoms with Gasteiger partial charge in [-0.3, -0.25) is 4.79 Å². The Morgan fingerprint density at radius 3 is 2.71 bits per heavy atom. The summed E-state index contributed by atoms with van der Waals surface area (Å²) in [6.07, 6.45) is 5.86. The van der Waals surface area contributed by atoms with Crippen LogP contribution in [-0.4, -0.2) is 21.2 Å². The van der Waals surface area contributed by atoms with Crippen LogP contribution in [0.3, 0.4) is 0 Å². The molecule has 0 atom stereocenters. The van der Waals surface area contributed by atoms with Gasteiger partial charge < -0.3 is 9.63 Å². The second kappa shape index (κ2) is 5.97. The molecule has 5 nitrogen and oxygen atoms in total. The Bertz CT molecular complexity index is 598. The van der Waals surface area contributed by atoms with Gasteiger partial charge in [-0.05, 0) is 24.3 Å². The van der Waals surface area contributed by atoms with Crippen LogP contribution in [0, 0.1) is 5.41 Å². The maximum Gasteiger partial charge on any atom is 0.310 e. The van der Waals surface area contributed by atoms with Crippen LogP contribution < -0.4 is 0 Å². The van der Waals surface area contributed by atoms with E-state index in [1.54, 1.807) is 11.3 Å². The van der Waals surface area contributed by atoms with E-state index in [2.05, 4.69) is 10.1 Å². The summed E-state index contributed by atoms with van der Waals surface area (Å²) in [5.74, 6) is 0.247. The van der Waals surface area contributed by atoms with Gasteiger partial charge in [0.2, 0.25) is 11.7 Å². The van der Waals surface area contributed by atoms with Crippen molar-refractivity contribution in [3.63, 3.8) is 0 Å². The molecule has 112 valence electrons. The Morgan fingerprint density at radius 1 is 1.33 bits per heavy atom. The van der Waals surface area contributed by atoms with Crippen molar-refractivity contribution in [2.24, 2.45) is 5.41 Å². The minimum atomic E-state index is -0.740. The first-order chi connectivity index (χ1) is 10.2. The van der Waals surface area contributed by atoms with E-state index in [0.29, 0.717) is 31.0 Å². The summed E-state index contributed by atoms with van der Waals surface area (Å²) in [4.78, 5) is 17.1. The average molecular weight is 306 g/mol. The highest BCUT2D eigenvalue weighted by Crippen LogP contribution is 2.38. The maximum absolute atomic E-state index is 11.8. The van der Waals surface area contributed by atoms with Crippen LogP contribution in [0.15, 0.2) is 22.0 Å². The second-order valence-corrected chi connectivity index (χ2v) is 6.61. The molecule has 1 N–H and O–H groups in total. The van der Waals surface area contributed by atoms with Crippen LogP contribution in [0.2, 0.25) is 0 Å². The van der Waals surface area contributed by atoms with Gasteiger partial charge in [-0.15, -0.1) is 11.3 Å². The van der Waals surface area contributed by atoms with Crippen LogP contribution in [0.1, 0.15) is 44.4 Å². The zero-order chi connectivity index (χ0) is 14.7. The Labute approximate surface area is 127 Å². The van der Waals surface area contributed by atoms with Gasteiger partial charge in [-0.25, -0.2) is 0 Å². The van der Waals surface area contributed by atoms with Gasteiger partial charge in [0.1, 0.15) is 0 Å². The molecular weight excluding hydrogens is 288 g/mol. The smallest absolute Gasteiger partial charge is 0.310 e. The number of hydrogen-bond donors (Lipinski definition) is 1. The summed E-state index contributed by atoms with van der Waals surface area (Å²) in [5, 5.41) is 15.6. The fourth-order valence-corrected chi connectivity index (χ4v) is 3.64. The lowest BCUT2D eigenvalue weighted by atomic mass is 9.77. The van der Waals surface area contributed by atoms with E-state index >= 15 is 0 Å². The van der Waals surface area contributed by atoms with E-state index in [1.807, 2.05) is 17.5 Å². The number of carboxylic acid groups (broad SMARTS) is 1. The number of aliphatic carboxylic acids is 1. The van der Waals surface area contributed by atoms with Gasteiger partial charge in [-0.1, -0.05) is 36.9 Å². The van der Waals surface area contributed by atoms with Crippen molar-refractivity contribution < 1.29 is 14.4 Å². The number of carboxylic acids is 1. The lowest BCUT2D eigenvalue weighted by Crippen LogP contribution is -2.33. The SMILES string of the molecule is O=C(O)C1(Cc2nc(-c3cccs3)no2)CCCCCC1. The number of carbonyl (C=O) groups is 1. The summed E-state index contributed by atoms with van der Waals surface area (Å²) < 4.78 is 5.29. The molecule has 1 aliphatic rings. The van der Waals surface area contributed by atoms with E-state index in [4.69, 9.17) is 4.52 Å². The summed E-state index contributed by atoms with van der Waals surface area (Å²) >= 11 is 1.54. The third-order valence-electron chi connectivity index (χ3n) is 4.21. The minimum Gasteiger partial charge on any atom is -0.481 e. The molecule has 3 rings (SSSR count). The molecule has 2 heterocycles. The normalized spacial score (nSPS) is 18.3. The molecule has 21 heavy (non-hydrogen) atoms. The van der Waals surface area contributed by atoms with Crippen molar-refractivity contribution in [3.05, 3.63) is 23.4 Å². The molecule has 0 radical (unpaired) electrons. The highest BCUT2D eigenvalue weighted by molar-refractivity contribution is 7.13. The van der Waals surface area contributed by atoms with E-state index in [1.165, 1.54) is 0 Å². The molecule has 1 saturated carbocycles. The van der Waals surface area contributed by atoms with Crippen LogP contribution in [0.25, 0.3) is 10.7 Å². The minimum absolute atomic E-state index is 0.334. The van der Waals surface area contributed by atoms with Gasteiger partial charge in [0.15, 0.2) is 0 Å². The van der Waals surface area contributed by atoms with Gasteiger partial charge in [0.25, 0.3) is 0 Å². The summed E-state index contributed by atoms with van der Waals surface area (Å²) in [6, 6.07) is 3.86. The highest BCUT2D eigenvalue weighted by Gasteiger charge is 2.40. The molecule has 2 aromatic heterocycles. The molecule has 0 unspecified atom stereocenters. The second-order valence-electron chi connectivity index (χ2n) is 5.67. The Balaban J connectivity index is 1.81. The van der Waals surface area contributed by atoms with Crippen molar-refractivity contribution in [2.45, 2.75) is 44.9 Å². The lowest BCUT2D eigenvalue weighted by Gasteiger charge is -2.26. The molecule has 0 aromatic carbocycles. The molecular formula is C15H18N2O3S. The van der Waals surface area contributed by atoms with E-state index in [9.17, 15) is 9.90 Å². The van der Waals surface area contributed by atoms with E-state index < -0.39 is 11.4 Å². The number of rotatable bonds is 4. The Hall–Kier alpha value is -1.69. The number of thiophene rings is 1.